The lowest BCUT2D eigenvalue weighted by molar-refractivity contribution is -0.867. The first kappa shape index (κ1) is 11.4. The summed E-state index contributed by atoms with van der Waals surface area (Å²) >= 11 is 0. The van der Waals surface area contributed by atoms with Crippen molar-refractivity contribution in [1.82, 2.24) is 4.90 Å². The average molecular weight is 212 g/mol. The van der Waals surface area contributed by atoms with Crippen LogP contribution in [0.5, 0.6) is 0 Å². The van der Waals surface area contributed by atoms with E-state index < -0.39 is 0 Å². The van der Waals surface area contributed by atoms with Crippen molar-refractivity contribution < 1.29 is 4.65 Å². The fourth-order valence-electron chi connectivity index (χ4n) is 3.11. The van der Waals surface area contributed by atoms with Gasteiger partial charge in [-0.2, -0.15) is 0 Å². The third-order valence-electron chi connectivity index (χ3n) is 4.38. The van der Waals surface area contributed by atoms with Gasteiger partial charge in [-0.05, 0) is 44.8 Å². The average Bonchev–Trinajstić information content (AvgIpc) is 2.20. The Balaban J connectivity index is 1.80. The van der Waals surface area contributed by atoms with Crippen LogP contribution in [-0.4, -0.2) is 49.8 Å². The number of hydrogen-bond donors (Lipinski definition) is 0. The van der Waals surface area contributed by atoms with E-state index in [9.17, 15) is 5.21 Å². The van der Waals surface area contributed by atoms with Gasteiger partial charge in [0.1, 0.15) is 0 Å². The molecule has 0 aromatic rings. The molecule has 15 heavy (non-hydrogen) atoms. The Hall–Kier alpha value is -0.120. The van der Waals surface area contributed by atoms with Gasteiger partial charge in [0, 0.05) is 12.8 Å². The lowest BCUT2D eigenvalue weighted by atomic mass is 9.79. The van der Waals surface area contributed by atoms with Crippen molar-refractivity contribution in [2.45, 2.75) is 25.7 Å². The van der Waals surface area contributed by atoms with Gasteiger partial charge >= 0.3 is 0 Å². The van der Waals surface area contributed by atoms with E-state index in [-0.39, 0.29) is 4.65 Å². The zero-order chi connectivity index (χ0) is 10.9. The van der Waals surface area contributed by atoms with E-state index in [1.54, 1.807) is 0 Å². The van der Waals surface area contributed by atoms with Gasteiger partial charge in [-0.25, -0.2) is 0 Å². The normalized spacial score (nSPS) is 40.6. The smallest absolute Gasteiger partial charge is 0.0784 e. The van der Waals surface area contributed by atoms with Gasteiger partial charge in [-0.1, -0.05) is 0 Å². The number of likely N-dealkylation sites (tertiary alicyclic amines) is 2. The first-order chi connectivity index (χ1) is 7.07. The molecule has 3 nitrogen and oxygen atoms in total. The summed E-state index contributed by atoms with van der Waals surface area (Å²) < 4.78 is 0.00310. The highest BCUT2D eigenvalue weighted by Gasteiger charge is 2.31. The highest BCUT2D eigenvalue weighted by molar-refractivity contribution is 4.78. The van der Waals surface area contributed by atoms with Crippen molar-refractivity contribution in [3.05, 3.63) is 5.21 Å². The molecular formula is C12H24N2O. The molecule has 2 heterocycles. The van der Waals surface area contributed by atoms with Crippen LogP contribution in [0.1, 0.15) is 25.7 Å². The molecule has 0 aromatic carbocycles. The Morgan fingerprint density at radius 1 is 1.00 bits per heavy atom. The minimum Gasteiger partial charge on any atom is -0.633 e. The SMILES string of the molecule is CN1CCC(C2CC[N+](C)([O-])CC2)CC1. The largest absolute Gasteiger partial charge is 0.633 e. The molecule has 0 N–H and O–H groups in total. The fraction of sp³-hybridized carbons (Fsp3) is 1.00. The Morgan fingerprint density at radius 2 is 1.47 bits per heavy atom. The summed E-state index contributed by atoms with van der Waals surface area (Å²) in [7, 11) is 4.04. The topological polar surface area (TPSA) is 26.3 Å². The number of piperidine rings is 2. The molecule has 0 bridgehead atoms. The molecule has 0 amide bonds. The zero-order valence-electron chi connectivity index (χ0n) is 10.1. The summed E-state index contributed by atoms with van der Waals surface area (Å²) in [5, 5.41) is 11.7. The van der Waals surface area contributed by atoms with E-state index in [2.05, 4.69) is 11.9 Å². The van der Waals surface area contributed by atoms with Crippen LogP contribution in [0.2, 0.25) is 0 Å². The van der Waals surface area contributed by atoms with E-state index in [1.807, 2.05) is 7.05 Å². The van der Waals surface area contributed by atoms with Gasteiger partial charge in [0.25, 0.3) is 0 Å². The molecule has 0 saturated carbocycles. The van der Waals surface area contributed by atoms with Crippen molar-refractivity contribution in [1.29, 1.82) is 0 Å². The molecular weight excluding hydrogens is 188 g/mol. The summed E-state index contributed by atoms with van der Waals surface area (Å²) in [6, 6.07) is 0. The van der Waals surface area contributed by atoms with Gasteiger partial charge < -0.3 is 14.8 Å². The van der Waals surface area contributed by atoms with Crippen molar-refractivity contribution in [3.63, 3.8) is 0 Å². The summed E-state index contributed by atoms with van der Waals surface area (Å²) in [6.45, 7) is 4.20. The van der Waals surface area contributed by atoms with Crippen LogP contribution in [-0.2, 0) is 0 Å². The molecule has 0 aromatic heterocycles. The monoisotopic (exact) mass is 212 g/mol. The highest BCUT2D eigenvalue weighted by atomic mass is 16.5. The van der Waals surface area contributed by atoms with Crippen LogP contribution < -0.4 is 0 Å². The van der Waals surface area contributed by atoms with Crippen LogP contribution in [0.25, 0.3) is 0 Å². The second-order valence-corrected chi connectivity index (χ2v) is 5.72. The predicted octanol–water partition coefficient (Wildman–Crippen LogP) is 1.68. The molecule has 2 rings (SSSR count). The number of rotatable bonds is 1. The molecule has 0 unspecified atom stereocenters. The quantitative estimate of drug-likeness (QED) is 0.488. The van der Waals surface area contributed by atoms with E-state index >= 15 is 0 Å². The maximum Gasteiger partial charge on any atom is 0.0784 e. The minimum atomic E-state index is 0.00310. The summed E-state index contributed by atoms with van der Waals surface area (Å²) in [4.78, 5) is 2.42. The lowest BCUT2D eigenvalue weighted by Crippen LogP contribution is -2.46. The lowest BCUT2D eigenvalue weighted by Gasteiger charge is -2.46. The minimum absolute atomic E-state index is 0.00310. The molecule has 2 fully saturated rings. The van der Waals surface area contributed by atoms with Crippen molar-refractivity contribution in [3.8, 4) is 0 Å². The molecule has 0 atom stereocenters. The molecule has 0 spiro atoms. The van der Waals surface area contributed by atoms with Crippen LogP contribution >= 0.6 is 0 Å². The Bertz CT molecular complexity index is 200. The first-order valence-corrected chi connectivity index (χ1v) is 6.31. The Morgan fingerprint density at radius 3 is 2.00 bits per heavy atom. The third-order valence-corrected chi connectivity index (χ3v) is 4.38. The molecule has 0 aliphatic carbocycles. The van der Waals surface area contributed by atoms with Crippen molar-refractivity contribution in [2.75, 3.05) is 40.3 Å². The summed E-state index contributed by atoms with van der Waals surface area (Å²) in [5.41, 5.74) is 0. The molecule has 2 aliphatic heterocycles. The van der Waals surface area contributed by atoms with Gasteiger partial charge in [-0.3, -0.25) is 0 Å². The molecule has 0 radical (unpaired) electrons. The van der Waals surface area contributed by atoms with E-state index in [0.29, 0.717) is 0 Å². The van der Waals surface area contributed by atoms with Gasteiger partial charge in [0.2, 0.25) is 0 Å². The maximum absolute atomic E-state index is 11.7. The molecule has 2 aliphatic rings. The Labute approximate surface area is 93.2 Å². The van der Waals surface area contributed by atoms with Gasteiger partial charge in [0.15, 0.2) is 0 Å². The van der Waals surface area contributed by atoms with E-state index in [1.165, 1.54) is 25.9 Å². The molecule has 2 saturated heterocycles. The summed E-state index contributed by atoms with van der Waals surface area (Å²) in [6.07, 6.45) is 5.02. The van der Waals surface area contributed by atoms with Crippen LogP contribution in [0.4, 0.5) is 0 Å². The second kappa shape index (κ2) is 4.40. The van der Waals surface area contributed by atoms with Gasteiger partial charge in [0.05, 0.1) is 20.1 Å². The van der Waals surface area contributed by atoms with Crippen molar-refractivity contribution >= 4 is 0 Å². The predicted molar refractivity (Wildman–Crippen MR) is 62.2 cm³/mol. The maximum atomic E-state index is 11.7. The standard InChI is InChI=1S/C12H24N2O/c1-13-7-3-11(4-8-13)12-5-9-14(2,15)10-6-12/h11-12H,3-10H2,1-2H3. The second-order valence-electron chi connectivity index (χ2n) is 5.72. The number of hydrogen-bond acceptors (Lipinski definition) is 2. The zero-order valence-corrected chi connectivity index (χ0v) is 10.1. The number of nitrogens with zero attached hydrogens (tertiary/aromatic N) is 2. The van der Waals surface area contributed by atoms with Crippen LogP contribution in [0.15, 0.2) is 0 Å². The highest BCUT2D eigenvalue weighted by Crippen LogP contribution is 2.33. The molecule has 3 heteroatoms. The van der Waals surface area contributed by atoms with Crippen molar-refractivity contribution in [2.24, 2.45) is 11.8 Å². The first-order valence-electron chi connectivity index (χ1n) is 6.31. The number of hydroxylamine groups is 3. The third kappa shape index (κ3) is 2.92. The van der Waals surface area contributed by atoms with E-state index in [4.69, 9.17) is 0 Å². The van der Waals surface area contributed by atoms with E-state index in [0.717, 1.165) is 37.8 Å². The fourth-order valence-corrected chi connectivity index (χ4v) is 3.11. The van der Waals surface area contributed by atoms with Crippen LogP contribution in [0.3, 0.4) is 0 Å². The van der Waals surface area contributed by atoms with Gasteiger partial charge in [-0.15, -0.1) is 0 Å². The molecule has 88 valence electrons. The number of quaternary nitrogens is 1. The van der Waals surface area contributed by atoms with Crippen LogP contribution in [0, 0.1) is 17.0 Å². The summed E-state index contributed by atoms with van der Waals surface area (Å²) in [5.74, 6) is 1.75. The Kier molecular flexibility index (Phi) is 3.33.